The lowest BCUT2D eigenvalue weighted by molar-refractivity contribution is -0.274. The molecule has 2 heterocycles. The van der Waals surface area contributed by atoms with Gasteiger partial charge < -0.3 is 19.7 Å². The van der Waals surface area contributed by atoms with Gasteiger partial charge in [0.1, 0.15) is 11.6 Å². The molecule has 1 fully saturated rings. The number of pyridine rings is 1. The molecule has 1 aromatic carbocycles. The highest BCUT2D eigenvalue weighted by molar-refractivity contribution is 5.85. The topological polar surface area (TPSA) is 46.6 Å². The summed E-state index contributed by atoms with van der Waals surface area (Å²) in [5.41, 5.74) is 3.89. The molecule has 0 bridgehead atoms. The third-order valence-electron chi connectivity index (χ3n) is 4.78. The van der Waals surface area contributed by atoms with Gasteiger partial charge in [-0.25, -0.2) is 4.98 Å². The van der Waals surface area contributed by atoms with E-state index in [0.717, 1.165) is 37.2 Å². The van der Waals surface area contributed by atoms with Crippen molar-refractivity contribution in [2.75, 3.05) is 36.5 Å². The predicted molar refractivity (Wildman–Crippen MR) is 112 cm³/mol. The second-order valence-corrected chi connectivity index (χ2v) is 6.84. The van der Waals surface area contributed by atoms with Gasteiger partial charge in [0.25, 0.3) is 0 Å². The fourth-order valence-corrected chi connectivity index (χ4v) is 3.48. The van der Waals surface area contributed by atoms with Crippen LogP contribution in [0.5, 0.6) is 5.75 Å². The molecule has 5 nitrogen and oxygen atoms in total. The van der Waals surface area contributed by atoms with Crippen LogP contribution < -0.4 is 15.0 Å². The van der Waals surface area contributed by atoms with E-state index in [1.165, 1.54) is 17.7 Å². The number of rotatable bonds is 7. The van der Waals surface area contributed by atoms with E-state index in [9.17, 15) is 13.2 Å². The number of halogens is 3. The van der Waals surface area contributed by atoms with Crippen LogP contribution in [0.4, 0.5) is 30.4 Å². The van der Waals surface area contributed by atoms with E-state index in [4.69, 9.17) is 4.74 Å². The molecule has 0 saturated carbocycles. The van der Waals surface area contributed by atoms with Gasteiger partial charge in [-0.05, 0) is 48.7 Å². The van der Waals surface area contributed by atoms with Crippen molar-refractivity contribution >= 4 is 22.8 Å². The van der Waals surface area contributed by atoms with Crippen LogP contribution in [0.25, 0.3) is 5.57 Å². The molecule has 0 radical (unpaired) electrons. The first-order chi connectivity index (χ1) is 14.4. The number of aromatic nitrogens is 1. The second kappa shape index (κ2) is 9.84. The first-order valence-electron chi connectivity index (χ1n) is 10.0. The quantitative estimate of drug-likeness (QED) is 0.616. The van der Waals surface area contributed by atoms with E-state index in [1.807, 2.05) is 6.07 Å². The zero-order valence-electron chi connectivity index (χ0n) is 17.1. The monoisotopic (exact) mass is 421 g/mol. The van der Waals surface area contributed by atoms with Gasteiger partial charge in [0, 0.05) is 36.2 Å². The maximum absolute atomic E-state index is 12.4. The average molecular weight is 421 g/mol. The Hall–Kier alpha value is -2.74. The van der Waals surface area contributed by atoms with Gasteiger partial charge in [0.15, 0.2) is 0 Å². The van der Waals surface area contributed by atoms with Crippen LogP contribution in [-0.4, -0.2) is 37.6 Å². The Morgan fingerprint density at radius 3 is 2.47 bits per heavy atom. The summed E-state index contributed by atoms with van der Waals surface area (Å²) in [7, 11) is 0. The van der Waals surface area contributed by atoms with Crippen LogP contribution in [0, 0.1) is 0 Å². The van der Waals surface area contributed by atoms with Crippen molar-refractivity contribution in [1.82, 2.24) is 4.98 Å². The zero-order chi connectivity index (χ0) is 21.6. The van der Waals surface area contributed by atoms with E-state index < -0.39 is 6.36 Å². The summed E-state index contributed by atoms with van der Waals surface area (Å²) in [6, 6.07) is 7.66. The smallest absolute Gasteiger partial charge is 0.406 e. The minimum atomic E-state index is -4.71. The van der Waals surface area contributed by atoms with Crippen molar-refractivity contribution in [3.63, 3.8) is 0 Å². The molecule has 8 heteroatoms. The van der Waals surface area contributed by atoms with Crippen molar-refractivity contribution in [2.24, 2.45) is 0 Å². The van der Waals surface area contributed by atoms with Gasteiger partial charge in [0.2, 0.25) is 0 Å². The molecule has 162 valence electrons. The lowest BCUT2D eigenvalue weighted by Crippen LogP contribution is -2.36. The molecule has 2 aromatic rings. The number of ether oxygens (including phenoxy) is 2. The van der Waals surface area contributed by atoms with Gasteiger partial charge in [-0.2, -0.15) is 0 Å². The third kappa shape index (κ3) is 5.66. The third-order valence-corrected chi connectivity index (χ3v) is 4.78. The van der Waals surface area contributed by atoms with Gasteiger partial charge in [-0.15, -0.1) is 13.2 Å². The molecule has 1 saturated heterocycles. The van der Waals surface area contributed by atoms with E-state index in [0.29, 0.717) is 24.7 Å². The molecule has 1 aliphatic rings. The highest BCUT2D eigenvalue weighted by Gasteiger charge is 2.31. The molecule has 0 atom stereocenters. The van der Waals surface area contributed by atoms with Gasteiger partial charge in [-0.1, -0.05) is 19.9 Å². The first kappa shape index (κ1) is 22.0. The predicted octanol–water partition coefficient (Wildman–Crippen LogP) is 5.76. The van der Waals surface area contributed by atoms with Crippen LogP contribution >= 0.6 is 0 Å². The van der Waals surface area contributed by atoms with Crippen molar-refractivity contribution in [3.05, 3.63) is 48.2 Å². The minimum Gasteiger partial charge on any atom is -0.406 e. The lowest BCUT2D eigenvalue weighted by Gasteiger charge is -2.31. The maximum atomic E-state index is 12.4. The molecule has 3 rings (SSSR count). The Morgan fingerprint density at radius 2 is 1.87 bits per heavy atom. The largest absolute Gasteiger partial charge is 0.573 e. The Morgan fingerprint density at radius 1 is 1.17 bits per heavy atom. The number of nitrogens with zero attached hydrogens (tertiary/aromatic N) is 2. The Bertz CT molecular complexity index is 861. The fourth-order valence-electron chi connectivity index (χ4n) is 3.48. The van der Waals surface area contributed by atoms with Crippen LogP contribution in [0.2, 0.25) is 0 Å². The van der Waals surface area contributed by atoms with Crippen LogP contribution in [-0.2, 0) is 4.74 Å². The van der Waals surface area contributed by atoms with E-state index in [2.05, 4.69) is 39.9 Å². The minimum absolute atomic E-state index is 0.261. The molecule has 1 aliphatic heterocycles. The Labute approximate surface area is 174 Å². The summed E-state index contributed by atoms with van der Waals surface area (Å²) in [4.78, 5) is 6.82. The molecule has 0 aliphatic carbocycles. The summed E-state index contributed by atoms with van der Waals surface area (Å²) in [6.45, 7) is 7.12. The average Bonchev–Trinajstić information content (AvgIpc) is 2.73. The lowest BCUT2D eigenvalue weighted by atomic mass is 10.00. The summed E-state index contributed by atoms with van der Waals surface area (Å²) < 4.78 is 46.6. The molecule has 0 spiro atoms. The molecule has 30 heavy (non-hydrogen) atoms. The van der Waals surface area contributed by atoms with Gasteiger partial charge in [0.05, 0.1) is 13.2 Å². The summed E-state index contributed by atoms with van der Waals surface area (Å²) in [5, 5.41) is 3.27. The van der Waals surface area contributed by atoms with Gasteiger partial charge in [-0.3, -0.25) is 0 Å². The van der Waals surface area contributed by atoms with Crippen LogP contribution in [0.15, 0.2) is 42.6 Å². The number of nitrogens with one attached hydrogen (secondary N) is 1. The van der Waals surface area contributed by atoms with Crippen molar-refractivity contribution in [2.45, 2.75) is 33.1 Å². The van der Waals surface area contributed by atoms with Crippen LogP contribution in [0.1, 0.15) is 32.3 Å². The van der Waals surface area contributed by atoms with Crippen molar-refractivity contribution in [3.8, 4) is 5.75 Å². The van der Waals surface area contributed by atoms with E-state index in [1.54, 1.807) is 18.3 Å². The van der Waals surface area contributed by atoms with E-state index >= 15 is 0 Å². The maximum Gasteiger partial charge on any atom is 0.573 e. The highest BCUT2D eigenvalue weighted by Crippen LogP contribution is 2.36. The zero-order valence-corrected chi connectivity index (χ0v) is 17.1. The molecule has 1 aromatic heterocycles. The standard InChI is InChI=1S/C22H26F3N3O2/c1-3-5-16(4-2)20-19(28-12-14-29-15-13-28)10-11-26-21(20)27-17-6-8-18(9-7-17)30-22(23,24)25/h5-11H,3-4,12-15H2,1-2H3,(H,26,27)/b16-5+. The number of morpholine rings is 1. The molecule has 0 unspecified atom stereocenters. The van der Waals surface area contributed by atoms with Crippen molar-refractivity contribution < 1.29 is 22.6 Å². The number of alkyl halides is 3. The fraction of sp³-hybridized carbons (Fsp3) is 0.409. The first-order valence-corrected chi connectivity index (χ1v) is 10.0. The number of hydrogen-bond donors (Lipinski definition) is 1. The second-order valence-electron chi connectivity index (χ2n) is 6.84. The molecule has 1 N–H and O–H groups in total. The molecule has 0 amide bonds. The summed E-state index contributed by atoms with van der Waals surface area (Å²) in [6.07, 6.45) is 0.952. The molecular formula is C22H26F3N3O2. The SMILES string of the molecule is CC/C=C(\CC)c1c(N2CCOCC2)ccnc1Nc1ccc(OC(F)(F)F)cc1. The number of hydrogen-bond acceptors (Lipinski definition) is 5. The highest BCUT2D eigenvalue weighted by atomic mass is 19.4. The number of benzene rings is 1. The van der Waals surface area contributed by atoms with Crippen LogP contribution in [0.3, 0.4) is 0 Å². The molecular weight excluding hydrogens is 395 g/mol. The summed E-state index contributed by atoms with van der Waals surface area (Å²) in [5.74, 6) is 0.411. The Balaban J connectivity index is 1.94. The number of anilines is 3. The summed E-state index contributed by atoms with van der Waals surface area (Å²) >= 11 is 0. The normalized spacial score (nSPS) is 15.2. The van der Waals surface area contributed by atoms with Gasteiger partial charge >= 0.3 is 6.36 Å². The van der Waals surface area contributed by atoms with Crippen molar-refractivity contribution in [1.29, 1.82) is 0 Å². The van der Waals surface area contributed by atoms with E-state index in [-0.39, 0.29) is 5.75 Å². The number of allylic oxidation sites excluding steroid dienone is 2. The Kier molecular flexibility index (Phi) is 7.20.